The van der Waals surface area contributed by atoms with E-state index in [4.69, 9.17) is 20.8 Å². The lowest BCUT2D eigenvalue weighted by molar-refractivity contribution is -0.111. The summed E-state index contributed by atoms with van der Waals surface area (Å²) < 4.78 is 11.4. The number of anilines is 1. The summed E-state index contributed by atoms with van der Waals surface area (Å²) in [6.07, 6.45) is 5.02. The molecule has 5 aromatic rings. The summed E-state index contributed by atoms with van der Waals surface area (Å²) in [6, 6.07) is 20.9. The Labute approximate surface area is 201 Å². The predicted molar refractivity (Wildman–Crippen MR) is 137 cm³/mol. The number of amides is 1. The summed E-state index contributed by atoms with van der Waals surface area (Å²) >= 11 is 6.05. The molecule has 0 saturated heterocycles. The molecular weight excluding hydrogens is 448 g/mol. The van der Waals surface area contributed by atoms with E-state index in [9.17, 15) is 4.79 Å². The zero-order valence-electron chi connectivity index (χ0n) is 18.6. The first-order valence-corrected chi connectivity index (χ1v) is 11.1. The number of aromatic nitrogens is 1. The molecule has 5 rings (SSSR count). The van der Waals surface area contributed by atoms with Crippen LogP contribution in [-0.4, -0.2) is 18.0 Å². The van der Waals surface area contributed by atoms with Crippen LogP contribution < -0.4 is 10.1 Å². The number of pyridine rings is 1. The minimum Gasteiger partial charge on any atom is -0.496 e. The lowest BCUT2D eigenvalue weighted by atomic mass is 9.99. The number of halogens is 1. The van der Waals surface area contributed by atoms with Crippen molar-refractivity contribution in [1.29, 1.82) is 0 Å². The maximum absolute atomic E-state index is 12.9. The summed E-state index contributed by atoms with van der Waals surface area (Å²) in [4.78, 5) is 17.2. The van der Waals surface area contributed by atoms with E-state index < -0.39 is 0 Å². The van der Waals surface area contributed by atoms with E-state index >= 15 is 0 Å². The van der Waals surface area contributed by atoms with Gasteiger partial charge in [-0.15, -0.1) is 0 Å². The number of allylic oxidation sites excluding steroid dienone is 1. The Hall–Kier alpha value is -4.09. The highest BCUT2D eigenvalue weighted by Crippen LogP contribution is 2.37. The van der Waals surface area contributed by atoms with Gasteiger partial charge in [0.05, 0.1) is 24.6 Å². The van der Waals surface area contributed by atoms with E-state index in [1.54, 1.807) is 25.6 Å². The van der Waals surface area contributed by atoms with Gasteiger partial charge in [0.1, 0.15) is 11.3 Å². The quantitative estimate of drug-likeness (QED) is 0.274. The first-order valence-electron chi connectivity index (χ1n) is 10.7. The SMILES string of the molecule is COc1cc2occ(-c3ccc(Cl)cc3)c2cc1/C(C)=C/C(=O)Nc1cccc2ncccc12. The van der Waals surface area contributed by atoms with Crippen LogP contribution in [0, 0.1) is 0 Å². The number of carbonyl (C=O) groups excluding carboxylic acids is 1. The van der Waals surface area contributed by atoms with Crippen LogP contribution in [0.15, 0.2) is 89.7 Å². The van der Waals surface area contributed by atoms with Crippen LogP contribution >= 0.6 is 11.6 Å². The third-order valence-electron chi connectivity index (χ3n) is 5.73. The third kappa shape index (κ3) is 4.14. The van der Waals surface area contributed by atoms with Gasteiger partial charge in [-0.05, 0) is 60.5 Å². The van der Waals surface area contributed by atoms with Gasteiger partial charge in [0.15, 0.2) is 0 Å². The number of furan rings is 1. The van der Waals surface area contributed by atoms with Crippen molar-refractivity contribution in [2.45, 2.75) is 6.92 Å². The van der Waals surface area contributed by atoms with Gasteiger partial charge < -0.3 is 14.5 Å². The molecule has 1 N–H and O–H groups in total. The molecule has 168 valence electrons. The Balaban J connectivity index is 1.51. The van der Waals surface area contributed by atoms with Crippen molar-refractivity contribution in [2.24, 2.45) is 0 Å². The van der Waals surface area contributed by atoms with Crippen molar-refractivity contribution in [3.8, 4) is 16.9 Å². The number of benzene rings is 3. The van der Waals surface area contributed by atoms with Crippen molar-refractivity contribution < 1.29 is 13.9 Å². The van der Waals surface area contributed by atoms with Crippen molar-refractivity contribution >= 4 is 50.6 Å². The van der Waals surface area contributed by atoms with Crippen LogP contribution in [0.1, 0.15) is 12.5 Å². The number of nitrogens with one attached hydrogen (secondary N) is 1. The molecule has 0 atom stereocenters. The van der Waals surface area contributed by atoms with E-state index in [2.05, 4.69) is 10.3 Å². The molecule has 0 aliphatic rings. The monoisotopic (exact) mass is 468 g/mol. The predicted octanol–water partition coefficient (Wildman–Crippen LogP) is 7.35. The van der Waals surface area contributed by atoms with Gasteiger partial charge in [0, 0.05) is 45.3 Å². The molecular formula is C28H21ClN2O3. The zero-order chi connectivity index (χ0) is 23.7. The molecule has 0 saturated carbocycles. The number of ether oxygens (including phenoxy) is 1. The minimum atomic E-state index is -0.235. The summed E-state index contributed by atoms with van der Waals surface area (Å²) in [5.74, 6) is 0.390. The molecule has 2 heterocycles. The highest BCUT2D eigenvalue weighted by molar-refractivity contribution is 6.30. The molecule has 0 fully saturated rings. The lowest BCUT2D eigenvalue weighted by Gasteiger charge is -2.11. The number of hydrogen-bond acceptors (Lipinski definition) is 4. The van der Waals surface area contributed by atoms with Gasteiger partial charge in [-0.1, -0.05) is 29.8 Å². The minimum absolute atomic E-state index is 0.235. The molecule has 0 unspecified atom stereocenters. The first-order chi connectivity index (χ1) is 16.5. The van der Waals surface area contributed by atoms with Crippen molar-refractivity contribution in [3.63, 3.8) is 0 Å². The molecule has 1 amide bonds. The second kappa shape index (κ2) is 9.04. The van der Waals surface area contributed by atoms with Gasteiger partial charge in [-0.2, -0.15) is 0 Å². The summed E-state index contributed by atoms with van der Waals surface area (Å²) in [5.41, 5.74) is 5.73. The molecule has 5 nitrogen and oxygen atoms in total. The third-order valence-corrected chi connectivity index (χ3v) is 5.98. The van der Waals surface area contributed by atoms with Crippen molar-refractivity contribution in [1.82, 2.24) is 4.98 Å². The molecule has 0 radical (unpaired) electrons. The Morgan fingerprint density at radius 3 is 2.68 bits per heavy atom. The number of rotatable bonds is 5. The Morgan fingerprint density at radius 1 is 1.06 bits per heavy atom. The number of methoxy groups -OCH3 is 1. The average molecular weight is 469 g/mol. The number of carbonyl (C=O) groups is 1. The molecule has 6 heteroatoms. The van der Waals surface area contributed by atoms with E-state index in [1.807, 2.05) is 73.7 Å². The van der Waals surface area contributed by atoms with Gasteiger partial charge >= 0.3 is 0 Å². The first kappa shape index (κ1) is 21.7. The summed E-state index contributed by atoms with van der Waals surface area (Å²) in [7, 11) is 1.60. The van der Waals surface area contributed by atoms with Crippen LogP contribution in [0.25, 0.3) is 38.6 Å². The fraction of sp³-hybridized carbons (Fsp3) is 0.0714. The van der Waals surface area contributed by atoms with Crippen LogP contribution in [0.5, 0.6) is 5.75 Å². The van der Waals surface area contributed by atoms with E-state index in [0.29, 0.717) is 22.0 Å². The maximum atomic E-state index is 12.9. The largest absolute Gasteiger partial charge is 0.496 e. The van der Waals surface area contributed by atoms with E-state index in [0.717, 1.165) is 38.6 Å². The normalized spacial score (nSPS) is 11.7. The van der Waals surface area contributed by atoms with Crippen LogP contribution in [0.2, 0.25) is 5.02 Å². The Kier molecular flexibility index (Phi) is 5.78. The van der Waals surface area contributed by atoms with Crippen LogP contribution in [-0.2, 0) is 4.79 Å². The second-order valence-corrected chi connectivity index (χ2v) is 8.33. The molecule has 0 bridgehead atoms. The smallest absolute Gasteiger partial charge is 0.248 e. The Bertz CT molecular complexity index is 1550. The maximum Gasteiger partial charge on any atom is 0.248 e. The Morgan fingerprint density at radius 2 is 1.88 bits per heavy atom. The van der Waals surface area contributed by atoms with Crippen LogP contribution in [0.3, 0.4) is 0 Å². The van der Waals surface area contributed by atoms with Crippen LogP contribution in [0.4, 0.5) is 5.69 Å². The molecule has 0 spiro atoms. The second-order valence-electron chi connectivity index (χ2n) is 7.90. The standard InChI is InChI=1S/C28H21ClN2O3/c1-17(13-28(32)31-25-7-3-6-24-20(25)5-4-12-30-24)21-14-22-23(18-8-10-19(29)11-9-18)16-34-27(22)15-26(21)33-2/h3-16H,1-2H3,(H,31,32)/b17-13+. The topological polar surface area (TPSA) is 64.4 Å². The van der Waals surface area contributed by atoms with Crippen molar-refractivity contribution in [2.75, 3.05) is 12.4 Å². The summed E-state index contributed by atoms with van der Waals surface area (Å²) in [6.45, 7) is 1.88. The van der Waals surface area contributed by atoms with Gasteiger partial charge in [-0.25, -0.2) is 0 Å². The van der Waals surface area contributed by atoms with E-state index in [-0.39, 0.29) is 5.91 Å². The van der Waals surface area contributed by atoms with Gasteiger partial charge in [-0.3, -0.25) is 9.78 Å². The number of nitrogens with zero attached hydrogens (tertiary/aromatic N) is 1. The zero-order valence-corrected chi connectivity index (χ0v) is 19.4. The molecule has 0 aliphatic heterocycles. The molecule has 34 heavy (non-hydrogen) atoms. The van der Waals surface area contributed by atoms with Gasteiger partial charge in [0.2, 0.25) is 5.91 Å². The molecule has 3 aromatic carbocycles. The number of hydrogen-bond donors (Lipinski definition) is 1. The highest BCUT2D eigenvalue weighted by Gasteiger charge is 2.15. The van der Waals surface area contributed by atoms with E-state index in [1.165, 1.54) is 0 Å². The number of fused-ring (bicyclic) bond motifs is 2. The fourth-order valence-electron chi connectivity index (χ4n) is 4.04. The van der Waals surface area contributed by atoms with Crippen molar-refractivity contribution in [3.05, 3.63) is 95.9 Å². The average Bonchev–Trinajstić information content (AvgIpc) is 3.26. The van der Waals surface area contributed by atoms with Gasteiger partial charge in [0.25, 0.3) is 0 Å². The molecule has 0 aliphatic carbocycles. The lowest BCUT2D eigenvalue weighted by Crippen LogP contribution is -2.09. The fourth-order valence-corrected chi connectivity index (χ4v) is 4.17. The highest BCUT2D eigenvalue weighted by atomic mass is 35.5. The summed E-state index contributed by atoms with van der Waals surface area (Å²) in [5, 5.41) is 5.45. The molecule has 2 aromatic heterocycles.